The summed E-state index contributed by atoms with van der Waals surface area (Å²) < 4.78 is 2.99. The lowest BCUT2D eigenvalue weighted by molar-refractivity contribution is 0.580. The summed E-state index contributed by atoms with van der Waals surface area (Å²) in [6, 6.07) is 8.51. The van der Waals surface area contributed by atoms with Crippen molar-refractivity contribution >= 4 is 21.7 Å². The number of nitrogens with one attached hydrogen (secondary N) is 1. The van der Waals surface area contributed by atoms with Gasteiger partial charge in [-0.25, -0.2) is 4.68 Å². The molecule has 1 aromatic carbocycles. The summed E-state index contributed by atoms with van der Waals surface area (Å²) in [6.07, 6.45) is 2.81. The zero-order valence-corrected chi connectivity index (χ0v) is 12.2. The molecule has 0 radical (unpaired) electrons. The summed E-state index contributed by atoms with van der Waals surface area (Å²) >= 11 is 3.49. The SMILES string of the molecule is CCCn1nncc1NC(C)c1cccc(Br)c1. The predicted molar refractivity (Wildman–Crippen MR) is 76.5 cm³/mol. The van der Waals surface area contributed by atoms with Gasteiger partial charge in [0.2, 0.25) is 0 Å². The molecule has 0 bridgehead atoms. The summed E-state index contributed by atoms with van der Waals surface area (Å²) in [4.78, 5) is 0. The average molecular weight is 309 g/mol. The van der Waals surface area contributed by atoms with Gasteiger partial charge in [-0.3, -0.25) is 0 Å². The highest BCUT2D eigenvalue weighted by Crippen LogP contribution is 2.21. The minimum atomic E-state index is 0.219. The summed E-state index contributed by atoms with van der Waals surface area (Å²) in [5.74, 6) is 0.962. The standard InChI is InChI=1S/C13H17BrN4/c1-3-7-18-13(9-15-17-18)16-10(2)11-5-4-6-12(14)8-11/h4-6,8-10,16H,3,7H2,1-2H3. The first kappa shape index (κ1) is 13.1. The molecule has 18 heavy (non-hydrogen) atoms. The summed E-state index contributed by atoms with van der Waals surface area (Å²) in [5.41, 5.74) is 1.23. The first-order chi connectivity index (χ1) is 8.70. The van der Waals surface area contributed by atoms with Crippen LogP contribution >= 0.6 is 15.9 Å². The number of nitrogens with zero attached hydrogens (tertiary/aromatic N) is 3. The maximum absolute atomic E-state index is 4.07. The Hall–Kier alpha value is -1.36. The van der Waals surface area contributed by atoms with Gasteiger partial charge >= 0.3 is 0 Å². The van der Waals surface area contributed by atoms with Crippen molar-refractivity contribution in [3.05, 3.63) is 40.5 Å². The van der Waals surface area contributed by atoms with E-state index in [-0.39, 0.29) is 6.04 Å². The molecule has 0 spiro atoms. The molecule has 1 unspecified atom stereocenters. The molecule has 1 heterocycles. The number of hydrogen-bond donors (Lipinski definition) is 1. The number of hydrogen-bond acceptors (Lipinski definition) is 3. The van der Waals surface area contributed by atoms with Crippen molar-refractivity contribution < 1.29 is 0 Å². The van der Waals surface area contributed by atoms with E-state index in [1.54, 1.807) is 6.20 Å². The van der Waals surface area contributed by atoms with Crippen LogP contribution in [-0.2, 0) is 6.54 Å². The quantitative estimate of drug-likeness (QED) is 0.917. The molecule has 0 fully saturated rings. The van der Waals surface area contributed by atoms with Crippen LogP contribution in [0.25, 0.3) is 0 Å². The minimum Gasteiger partial charge on any atom is -0.362 e. The van der Waals surface area contributed by atoms with Gasteiger partial charge in [-0.15, -0.1) is 5.10 Å². The molecule has 2 rings (SSSR count). The van der Waals surface area contributed by atoms with Crippen molar-refractivity contribution in [3.8, 4) is 0 Å². The molecular formula is C13H17BrN4. The lowest BCUT2D eigenvalue weighted by atomic mass is 10.1. The van der Waals surface area contributed by atoms with Crippen LogP contribution in [-0.4, -0.2) is 15.0 Å². The highest BCUT2D eigenvalue weighted by molar-refractivity contribution is 9.10. The van der Waals surface area contributed by atoms with Crippen LogP contribution in [0.2, 0.25) is 0 Å². The average Bonchev–Trinajstić information content (AvgIpc) is 2.77. The Labute approximate surface area is 116 Å². The van der Waals surface area contributed by atoms with E-state index in [1.165, 1.54) is 5.56 Å². The molecule has 0 aliphatic heterocycles. The Morgan fingerprint density at radius 1 is 1.44 bits per heavy atom. The number of aromatic nitrogens is 3. The lowest BCUT2D eigenvalue weighted by Gasteiger charge is -2.16. The first-order valence-electron chi connectivity index (χ1n) is 6.11. The Kier molecular flexibility index (Phi) is 4.36. The van der Waals surface area contributed by atoms with E-state index in [2.05, 4.69) is 57.5 Å². The first-order valence-corrected chi connectivity index (χ1v) is 6.90. The van der Waals surface area contributed by atoms with Gasteiger partial charge in [0.25, 0.3) is 0 Å². The Morgan fingerprint density at radius 3 is 3.00 bits per heavy atom. The van der Waals surface area contributed by atoms with Crippen LogP contribution in [0, 0.1) is 0 Å². The monoisotopic (exact) mass is 308 g/mol. The molecule has 5 heteroatoms. The van der Waals surface area contributed by atoms with Gasteiger partial charge in [-0.1, -0.05) is 40.2 Å². The van der Waals surface area contributed by atoms with E-state index in [0.717, 1.165) is 23.3 Å². The third-order valence-electron chi connectivity index (χ3n) is 2.77. The molecule has 0 saturated carbocycles. The third-order valence-corrected chi connectivity index (χ3v) is 3.26. The largest absolute Gasteiger partial charge is 0.362 e. The molecule has 0 aliphatic carbocycles. The summed E-state index contributed by atoms with van der Waals surface area (Å²) in [5, 5.41) is 11.4. The van der Waals surface area contributed by atoms with Crippen molar-refractivity contribution in [2.75, 3.05) is 5.32 Å². The van der Waals surface area contributed by atoms with Crippen LogP contribution in [0.3, 0.4) is 0 Å². The Balaban J connectivity index is 2.11. The highest BCUT2D eigenvalue weighted by Gasteiger charge is 2.09. The van der Waals surface area contributed by atoms with E-state index < -0.39 is 0 Å². The van der Waals surface area contributed by atoms with Gasteiger partial charge in [0.1, 0.15) is 5.82 Å². The number of rotatable bonds is 5. The fraction of sp³-hybridized carbons (Fsp3) is 0.385. The van der Waals surface area contributed by atoms with Crippen molar-refractivity contribution in [1.29, 1.82) is 0 Å². The Bertz CT molecular complexity index is 509. The van der Waals surface area contributed by atoms with Crippen molar-refractivity contribution in [2.24, 2.45) is 0 Å². The van der Waals surface area contributed by atoms with Gasteiger partial charge in [-0.2, -0.15) is 0 Å². The lowest BCUT2D eigenvalue weighted by Crippen LogP contribution is -2.11. The van der Waals surface area contributed by atoms with E-state index in [0.29, 0.717) is 0 Å². The molecule has 1 atom stereocenters. The molecule has 1 aromatic heterocycles. The maximum atomic E-state index is 4.07. The second-order valence-electron chi connectivity index (χ2n) is 4.26. The van der Waals surface area contributed by atoms with E-state index in [1.807, 2.05) is 16.8 Å². The molecule has 4 nitrogen and oxygen atoms in total. The molecule has 0 amide bonds. The summed E-state index contributed by atoms with van der Waals surface area (Å²) in [6.45, 7) is 5.14. The van der Waals surface area contributed by atoms with Crippen LogP contribution in [0.4, 0.5) is 5.82 Å². The van der Waals surface area contributed by atoms with Gasteiger partial charge in [-0.05, 0) is 31.0 Å². The van der Waals surface area contributed by atoms with Crippen LogP contribution in [0.1, 0.15) is 31.9 Å². The van der Waals surface area contributed by atoms with E-state index in [9.17, 15) is 0 Å². The fourth-order valence-electron chi connectivity index (χ4n) is 1.83. The topological polar surface area (TPSA) is 42.7 Å². The zero-order chi connectivity index (χ0) is 13.0. The molecule has 0 aliphatic rings. The minimum absolute atomic E-state index is 0.219. The smallest absolute Gasteiger partial charge is 0.145 e. The number of benzene rings is 1. The number of aryl methyl sites for hydroxylation is 1. The van der Waals surface area contributed by atoms with Crippen molar-refractivity contribution in [2.45, 2.75) is 32.9 Å². The van der Waals surface area contributed by atoms with Crippen LogP contribution < -0.4 is 5.32 Å². The normalized spacial score (nSPS) is 12.4. The second kappa shape index (κ2) is 6.00. The molecule has 96 valence electrons. The van der Waals surface area contributed by atoms with Crippen LogP contribution in [0.15, 0.2) is 34.9 Å². The van der Waals surface area contributed by atoms with E-state index >= 15 is 0 Å². The second-order valence-corrected chi connectivity index (χ2v) is 5.18. The maximum Gasteiger partial charge on any atom is 0.145 e. The highest BCUT2D eigenvalue weighted by atomic mass is 79.9. The van der Waals surface area contributed by atoms with Crippen LogP contribution in [0.5, 0.6) is 0 Å². The predicted octanol–water partition coefficient (Wildman–Crippen LogP) is 3.62. The molecule has 0 saturated heterocycles. The van der Waals surface area contributed by atoms with Gasteiger partial charge < -0.3 is 5.32 Å². The Morgan fingerprint density at radius 2 is 2.28 bits per heavy atom. The van der Waals surface area contributed by atoms with Gasteiger partial charge in [0, 0.05) is 11.0 Å². The zero-order valence-electron chi connectivity index (χ0n) is 10.6. The molecular weight excluding hydrogens is 292 g/mol. The molecule has 1 N–H and O–H groups in total. The van der Waals surface area contributed by atoms with Gasteiger partial charge in [0.05, 0.1) is 12.2 Å². The fourth-order valence-corrected chi connectivity index (χ4v) is 2.24. The third kappa shape index (κ3) is 3.10. The van der Waals surface area contributed by atoms with Crippen molar-refractivity contribution in [1.82, 2.24) is 15.0 Å². The molecule has 2 aromatic rings. The summed E-state index contributed by atoms with van der Waals surface area (Å²) in [7, 11) is 0. The van der Waals surface area contributed by atoms with E-state index in [4.69, 9.17) is 0 Å². The number of halogens is 1. The number of anilines is 1. The van der Waals surface area contributed by atoms with Crippen molar-refractivity contribution in [3.63, 3.8) is 0 Å². The van der Waals surface area contributed by atoms with Gasteiger partial charge in [0.15, 0.2) is 0 Å².